The average Bonchev–Trinajstić information content (AvgIpc) is 3.17. The summed E-state index contributed by atoms with van der Waals surface area (Å²) in [5, 5.41) is 8.83. The highest BCUT2D eigenvalue weighted by Gasteiger charge is 2.17. The number of benzene rings is 1. The quantitative estimate of drug-likeness (QED) is 0.740. The van der Waals surface area contributed by atoms with E-state index in [1.165, 1.54) is 6.26 Å². The molecule has 1 atom stereocenters. The van der Waals surface area contributed by atoms with Gasteiger partial charge < -0.3 is 25.1 Å². The number of hydrogen-bond donors (Lipinski definition) is 3. The van der Waals surface area contributed by atoms with Crippen molar-refractivity contribution in [3.8, 4) is 0 Å². The summed E-state index contributed by atoms with van der Waals surface area (Å²) in [7, 11) is 0. The Balaban J connectivity index is 1.44. The Kier molecular flexibility index (Phi) is 5.81. The highest BCUT2D eigenvalue weighted by molar-refractivity contribution is 6.02. The molecule has 2 amide bonds. The zero-order valence-corrected chi connectivity index (χ0v) is 13.8. The molecular weight excluding hydrogens is 322 g/mol. The fourth-order valence-electron chi connectivity index (χ4n) is 2.54. The summed E-state index contributed by atoms with van der Waals surface area (Å²) in [5.74, 6) is -0.0770. The van der Waals surface area contributed by atoms with Crippen molar-refractivity contribution in [3.63, 3.8) is 0 Å². The van der Waals surface area contributed by atoms with E-state index >= 15 is 0 Å². The van der Waals surface area contributed by atoms with Gasteiger partial charge in [0.2, 0.25) is 5.91 Å². The van der Waals surface area contributed by atoms with Crippen molar-refractivity contribution in [2.75, 3.05) is 25.0 Å². The lowest BCUT2D eigenvalue weighted by molar-refractivity contribution is -0.124. The van der Waals surface area contributed by atoms with Crippen molar-refractivity contribution < 1.29 is 18.7 Å². The maximum absolute atomic E-state index is 11.9. The minimum absolute atomic E-state index is 0.0381. The Labute approximate surface area is 145 Å². The summed E-state index contributed by atoms with van der Waals surface area (Å²) < 4.78 is 10.6. The summed E-state index contributed by atoms with van der Waals surface area (Å²) in [4.78, 5) is 23.8. The van der Waals surface area contributed by atoms with Crippen LogP contribution < -0.4 is 16.0 Å². The molecule has 1 aromatic heterocycles. The first-order valence-corrected chi connectivity index (χ1v) is 8.23. The standard InChI is InChI=1S/C18H21N3O4/c22-17(10-15-12-19-7-9-24-15)20-11-13-3-5-14(6-4-13)21-18(23)16-2-1-8-25-16/h1-6,8,15,19H,7,9-12H2,(H,20,22)(H,21,23). The van der Waals surface area contributed by atoms with Crippen LogP contribution in [-0.4, -0.2) is 37.6 Å². The second-order valence-electron chi connectivity index (χ2n) is 5.81. The van der Waals surface area contributed by atoms with Gasteiger partial charge in [0.05, 0.1) is 25.4 Å². The number of hydrogen-bond acceptors (Lipinski definition) is 5. The van der Waals surface area contributed by atoms with E-state index in [9.17, 15) is 9.59 Å². The van der Waals surface area contributed by atoms with Crippen LogP contribution in [0.4, 0.5) is 5.69 Å². The van der Waals surface area contributed by atoms with Crippen molar-refractivity contribution in [1.82, 2.24) is 10.6 Å². The van der Waals surface area contributed by atoms with Gasteiger partial charge in [0.15, 0.2) is 5.76 Å². The monoisotopic (exact) mass is 343 g/mol. The molecule has 0 aliphatic carbocycles. The molecule has 2 heterocycles. The second kappa shape index (κ2) is 8.46. The molecule has 1 aliphatic rings. The Morgan fingerprint density at radius 1 is 1.20 bits per heavy atom. The molecule has 1 fully saturated rings. The van der Waals surface area contributed by atoms with Gasteiger partial charge in [-0.3, -0.25) is 9.59 Å². The Bertz CT molecular complexity index is 692. The van der Waals surface area contributed by atoms with Crippen molar-refractivity contribution in [3.05, 3.63) is 54.0 Å². The van der Waals surface area contributed by atoms with Crippen LogP contribution in [0.3, 0.4) is 0 Å². The number of carbonyl (C=O) groups excluding carboxylic acids is 2. The maximum atomic E-state index is 11.9. The molecule has 1 aliphatic heterocycles. The molecule has 1 saturated heterocycles. The first kappa shape index (κ1) is 17.2. The summed E-state index contributed by atoms with van der Waals surface area (Å²) in [6, 6.07) is 10.6. The molecule has 0 bridgehead atoms. The van der Waals surface area contributed by atoms with Gasteiger partial charge in [-0.1, -0.05) is 12.1 Å². The van der Waals surface area contributed by atoms with Crippen LogP contribution in [0.5, 0.6) is 0 Å². The number of anilines is 1. The number of ether oxygens (including phenoxy) is 1. The molecule has 132 valence electrons. The van der Waals surface area contributed by atoms with Crippen LogP contribution in [0, 0.1) is 0 Å². The first-order valence-electron chi connectivity index (χ1n) is 8.23. The van der Waals surface area contributed by atoms with Crippen LogP contribution in [0.1, 0.15) is 22.5 Å². The average molecular weight is 343 g/mol. The summed E-state index contributed by atoms with van der Waals surface area (Å²) in [5.41, 5.74) is 1.62. The lowest BCUT2D eigenvalue weighted by Crippen LogP contribution is -2.41. The predicted molar refractivity (Wildman–Crippen MR) is 92.2 cm³/mol. The van der Waals surface area contributed by atoms with E-state index in [2.05, 4.69) is 16.0 Å². The number of furan rings is 1. The van der Waals surface area contributed by atoms with Crippen LogP contribution in [-0.2, 0) is 16.1 Å². The molecule has 7 nitrogen and oxygen atoms in total. The van der Waals surface area contributed by atoms with Crippen LogP contribution in [0.2, 0.25) is 0 Å². The molecule has 0 spiro atoms. The van der Waals surface area contributed by atoms with Crippen molar-refractivity contribution in [1.29, 1.82) is 0 Å². The van der Waals surface area contributed by atoms with Crippen LogP contribution >= 0.6 is 0 Å². The van der Waals surface area contributed by atoms with E-state index in [0.29, 0.717) is 31.8 Å². The van der Waals surface area contributed by atoms with Gasteiger partial charge in [-0.25, -0.2) is 0 Å². The summed E-state index contributed by atoms with van der Waals surface area (Å²) in [6.45, 7) is 2.62. The number of carbonyl (C=O) groups is 2. The van der Waals surface area contributed by atoms with Gasteiger partial charge >= 0.3 is 0 Å². The Morgan fingerprint density at radius 3 is 2.72 bits per heavy atom. The highest BCUT2D eigenvalue weighted by Crippen LogP contribution is 2.12. The van der Waals surface area contributed by atoms with E-state index in [4.69, 9.17) is 9.15 Å². The Hall–Kier alpha value is -2.64. The SMILES string of the molecule is O=C(CC1CNCCO1)NCc1ccc(NC(=O)c2ccco2)cc1. The van der Waals surface area contributed by atoms with Gasteiger partial charge in [-0.15, -0.1) is 0 Å². The number of nitrogens with one attached hydrogen (secondary N) is 3. The molecule has 25 heavy (non-hydrogen) atoms. The second-order valence-corrected chi connectivity index (χ2v) is 5.81. The third-order valence-electron chi connectivity index (χ3n) is 3.86. The van der Waals surface area contributed by atoms with Gasteiger partial charge in [0, 0.05) is 25.3 Å². The zero-order chi connectivity index (χ0) is 17.5. The van der Waals surface area contributed by atoms with Crippen molar-refractivity contribution in [2.45, 2.75) is 19.1 Å². The van der Waals surface area contributed by atoms with Gasteiger partial charge in [0.1, 0.15) is 0 Å². The molecule has 3 rings (SSSR count). The third kappa shape index (κ3) is 5.17. The third-order valence-corrected chi connectivity index (χ3v) is 3.86. The van der Waals surface area contributed by atoms with Crippen LogP contribution in [0.25, 0.3) is 0 Å². The van der Waals surface area contributed by atoms with Crippen LogP contribution in [0.15, 0.2) is 47.1 Å². The molecule has 0 saturated carbocycles. The highest BCUT2D eigenvalue weighted by atomic mass is 16.5. The predicted octanol–water partition coefficient (Wildman–Crippen LogP) is 1.53. The zero-order valence-electron chi connectivity index (χ0n) is 13.8. The van der Waals surface area contributed by atoms with Gasteiger partial charge in [0.25, 0.3) is 5.91 Å². The number of morpholine rings is 1. The maximum Gasteiger partial charge on any atom is 0.291 e. The fraction of sp³-hybridized carbons (Fsp3) is 0.333. The van der Waals surface area contributed by atoms with E-state index in [1.807, 2.05) is 12.1 Å². The molecule has 3 N–H and O–H groups in total. The summed E-state index contributed by atoms with van der Waals surface area (Å²) in [6.07, 6.45) is 1.74. The topological polar surface area (TPSA) is 92.6 Å². The molecule has 1 aromatic carbocycles. The lowest BCUT2D eigenvalue weighted by Gasteiger charge is -2.23. The lowest BCUT2D eigenvalue weighted by atomic mass is 10.2. The van der Waals surface area contributed by atoms with E-state index in [-0.39, 0.29) is 23.7 Å². The molecule has 7 heteroatoms. The van der Waals surface area contributed by atoms with Crippen molar-refractivity contribution >= 4 is 17.5 Å². The largest absolute Gasteiger partial charge is 0.459 e. The van der Waals surface area contributed by atoms with Crippen molar-refractivity contribution in [2.24, 2.45) is 0 Å². The Morgan fingerprint density at radius 2 is 2.04 bits per heavy atom. The first-order chi connectivity index (χ1) is 12.2. The smallest absolute Gasteiger partial charge is 0.291 e. The van der Waals surface area contributed by atoms with E-state index in [0.717, 1.165) is 12.1 Å². The normalized spacial score (nSPS) is 17.0. The van der Waals surface area contributed by atoms with Gasteiger partial charge in [-0.05, 0) is 29.8 Å². The molecule has 2 aromatic rings. The molecule has 0 radical (unpaired) electrons. The number of rotatable bonds is 6. The van der Waals surface area contributed by atoms with Gasteiger partial charge in [-0.2, -0.15) is 0 Å². The van der Waals surface area contributed by atoms with E-state index < -0.39 is 0 Å². The molecular formula is C18H21N3O4. The van der Waals surface area contributed by atoms with E-state index in [1.54, 1.807) is 24.3 Å². The minimum atomic E-state index is -0.299. The summed E-state index contributed by atoms with van der Waals surface area (Å²) >= 11 is 0. The fourth-order valence-corrected chi connectivity index (χ4v) is 2.54. The minimum Gasteiger partial charge on any atom is -0.459 e. The molecule has 1 unspecified atom stereocenters. The number of amides is 2.